The number of fused-ring (bicyclic) bond motifs is 1. The molecule has 1 aromatic heterocycles. The molecule has 360 valence electrons. The van der Waals surface area contributed by atoms with Crippen LogP contribution >= 0.6 is 23.4 Å². The number of sulfonamides is 1. The number of halogens is 8. The highest BCUT2D eigenvalue weighted by molar-refractivity contribution is 7.99. The molecule has 0 saturated carbocycles. The summed E-state index contributed by atoms with van der Waals surface area (Å²) in [6.07, 6.45) is -6.02. The Labute approximate surface area is 394 Å². The van der Waals surface area contributed by atoms with E-state index in [0.717, 1.165) is 33.7 Å². The maximum absolute atomic E-state index is 16.1. The van der Waals surface area contributed by atoms with E-state index in [4.69, 9.17) is 11.6 Å². The molecule has 0 bridgehead atoms. The number of hydrogen-bond donors (Lipinski definition) is 2. The van der Waals surface area contributed by atoms with Gasteiger partial charge in [0.2, 0.25) is 5.82 Å². The lowest BCUT2D eigenvalue weighted by Gasteiger charge is -2.42. The predicted molar refractivity (Wildman–Crippen MR) is 245 cm³/mol. The van der Waals surface area contributed by atoms with Crippen LogP contribution in [0.25, 0.3) is 11.1 Å². The minimum Gasteiger partial charge on any atom is -0.380 e. The summed E-state index contributed by atoms with van der Waals surface area (Å²) in [5.74, 6) is -2.20. The van der Waals surface area contributed by atoms with Crippen LogP contribution in [0.5, 0.6) is 0 Å². The summed E-state index contributed by atoms with van der Waals surface area (Å²) in [6, 6.07) is 24.9. The number of rotatable bonds is 16. The topological polar surface area (TPSA) is 128 Å². The fourth-order valence-corrected chi connectivity index (χ4v) is 11.3. The molecule has 4 aromatic carbocycles. The number of piperidine rings is 1. The Bertz CT molecular complexity index is 2750. The number of benzene rings is 4. The van der Waals surface area contributed by atoms with Crippen molar-refractivity contribution in [2.45, 2.75) is 77.0 Å². The van der Waals surface area contributed by atoms with Gasteiger partial charge in [-0.3, -0.25) is 14.5 Å². The number of likely N-dealkylation sites (tertiary alicyclic amines) is 1. The van der Waals surface area contributed by atoms with Gasteiger partial charge in [-0.05, 0) is 99.1 Å². The normalized spacial score (nSPS) is 18.1. The van der Waals surface area contributed by atoms with Crippen LogP contribution in [-0.2, 0) is 45.5 Å². The van der Waals surface area contributed by atoms with Crippen molar-refractivity contribution < 1.29 is 47.6 Å². The molecule has 1 saturated heterocycles. The van der Waals surface area contributed by atoms with Crippen molar-refractivity contribution in [3.63, 3.8) is 0 Å². The molecule has 2 aliphatic rings. The maximum Gasteiger partial charge on any atom is 0.501 e. The van der Waals surface area contributed by atoms with Gasteiger partial charge < -0.3 is 10.2 Å². The van der Waals surface area contributed by atoms with Crippen molar-refractivity contribution in [2.75, 3.05) is 56.1 Å². The van der Waals surface area contributed by atoms with Gasteiger partial charge in [0.25, 0.3) is 19.9 Å². The zero-order valence-corrected chi connectivity index (χ0v) is 39.4. The lowest BCUT2D eigenvalue weighted by Crippen LogP contribution is -2.53. The maximum atomic E-state index is 16.1. The first-order valence-electron chi connectivity index (χ1n) is 21.1. The van der Waals surface area contributed by atoms with Gasteiger partial charge in [0.15, 0.2) is 0 Å². The second kappa shape index (κ2) is 20.6. The summed E-state index contributed by atoms with van der Waals surface area (Å²) >= 11 is 7.46. The van der Waals surface area contributed by atoms with Crippen LogP contribution in [0.3, 0.4) is 0 Å². The number of nitrogens with one attached hydrogen (secondary N) is 2. The molecule has 67 heavy (non-hydrogen) atoms. The molecule has 1 fully saturated rings. The van der Waals surface area contributed by atoms with Gasteiger partial charge in [-0.15, -0.1) is 11.8 Å². The zero-order valence-electron chi connectivity index (χ0n) is 36.2. The molecule has 2 aliphatic heterocycles. The van der Waals surface area contributed by atoms with Crippen molar-refractivity contribution in [2.24, 2.45) is 0 Å². The van der Waals surface area contributed by atoms with E-state index >= 15 is 4.39 Å². The highest BCUT2D eigenvalue weighted by Gasteiger charge is 2.49. The van der Waals surface area contributed by atoms with Crippen LogP contribution < -0.4 is 10.0 Å². The zero-order chi connectivity index (χ0) is 48.3. The van der Waals surface area contributed by atoms with Crippen molar-refractivity contribution in [1.29, 1.82) is 0 Å². The predicted octanol–water partition coefficient (Wildman–Crippen LogP) is 9.41. The molecule has 0 radical (unpaired) electrons. The van der Waals surface area contributed by atoms with Crippen molar-refractivity contribution in [3.8, 4) is 11.1 Å². The van der Waals surface area contributed by atoms with Gasteiger partial charge >= 0.3 is 11.7 Å². The first kappa shape index (κ1) is 50.4. The Morgan fingerprint density at radius 3 is 2.27 bits per heavy atom. The molecule has 0 spiro atoms. The van der Waals surface area contributed by atoms with Gasteiger partial charge in [0.05, 0.1) is 16.3 Å². The van der Waals surface area contributed by atoms with E-state index < -0.39 is 76.9 Å². The van der Waals surface area contributed by atoms with Crippen LogP contribution in [0.1, 0.15) is 35.5 Å². The lowest BCUT2D eigenvalue weighted by molar-refractivity contribution is -0.145. The summed E-state index contributed by atoms with van der Waals surface area (Å²) < 4.78 is 158. The summed E-state index contributed by atoms with van der Waals surface area (Å²) in [6.45, 7) is 1.21. The molecule has 11 nitrogen and oxygen atoms in total. The van der Waals surface area contributed by atoms with Gasteiger partial charge in [0, 0.05) is 66.0 Å². The number of hydrogen-bond acceptors (Lipinski definition) is 11. The molecule has 2 unspecified atom stereocenters. The van der Waals surface area contributed by atoms with Crippen LogP contribution in [0.15, 0.2) is 112 Å². The van der Waals surface area contributed by atoms with Crippen LogP contribution in [0, 0.1) is 0 Å². The number of alkyl halides is 7. The van der Waals surface area contributed by atoms with Crippen LogP contribution in [0.4, 0.5) is 42.2 Å². The Balaban J connectivity index is 1.12. The standard InChI is InChI=1S/C45H47ClF7N7O4S3/c1-58(2)21-18-32(28-65-33-9-4-3-5-10-33)54-38-17-16-34(24-41(38)66(61,62)45(51,52)53)67(63,64)57-42-36-19-23-60(27-39(36)55-43(56-42)44(48,49)50)40-20-22-59(26-37(40)47)25-30-8-6-7-11-35(30)29-12-14-31(46)15-13-29/h3-17,24,32,37,40,54H,18-23,25-28H2,1-2H3,(H,55,56,57)/t32-,37?,40?/m1/s1. The smallest absolute Gasteiger partial charge is 0.380 e. The molecule has 7 rings (SSSR count). The average molecular weight is 1010 g/mol. The number of anilines is 2. The van der Waals surface area contributed by atoms with Gasteiger partial charge in [0.1, 0.15) is 16.9 Å². The summed E-state index contributed by atoms with van der Waals surface area (Å²) in [4.78, 5) is 11.2. The third kappa shape index (κ3) is 12.2. The van der Waals surface area contributed by atoms with Gasteiger partial charge in [-0.2, -0.15) is 26.3 Å². The van der Waals surface area contributed by atoms with E-state index in [1.807, 2.05) is 69.1 Å². The molecule has 2 N–H and O–H groups in total. The molecule has 3 heterocycles. The monoisotopic (exact) mass is 1010 g/mol. The molecular formula is C45H47ClF7N7O4S3. The lowest BCUT2D eigenvalue weighted by atomic mass is 9.95. The van der Waals surface area contributed by atoms with Crippen molar-refractivity contribution in [1.82, 2.24) is 24.7 Å². The second-order valence-corrected chi connectivity index (χ2v) is 21.7. The molecule has 22 heteroatoms. The van der Waals surface area contributed by atoms with Gasteiger partial charge in [-0.25, -0.2) is 31.2 Å². The highest BCUT2D eigenvalue weighted by atomic mass is 35.5. The van der Waals surface area contributed by atoms with E-state index in [9.17, 15) is 43.2 Å². The number of sulfone groups is 1. The minimum atomic E-state index is -6.19. The van der Waals surface area contributed by atoms with E-state index in [-0.39, 0.29) is 43.1 Å². The second-order valence-electron chi connectivity index (χ2n) is 16.6. The number of aromatic nitrogens is 2. The minimum absolute atomic E-state index is 0.0273. The average Bonchev–Trinajstić information content (AvgIpc) is 3.27. The summed E-state index contributed by atoms with van der Waals surface area (Å²) in [5.41, 5.74) is -3.74. The van der Waals surface area contributed by atoms with Crippen LogP contribution in [0.2, 0.25) is 5.02 Å². The van der Waals surface area contributed by atoms with E-state index in [1.165, 1.54) is 11.8 Å². The largest absolute Gasteiger partial charge is 0.501 e. The first-order valence-corrected chi connectivity index (χ1v) is 25.4. The Kier molecular flexibility index (Phi) is 15.5. The Morgan fingerprint density at radius 2 is 1.60 bits per heavy atom. The van der Waals surface area contributed by atoms with Crippen LogP contribution in [-0.4, -0.2) is 111 Å². The highest BCUT2D eigenvalue weighted by Crippen LogP contribution is 2.39. The van der Waals surface area contributed by atoms with Crippen molar-refractivity contribution in [3.05, 3.63) is 125 Å². The van der Waals surface area contributed by atoms with E-state index in [2.05, 4.69) is 15.3 Å². The first-order chi connectivity index (χ1) is 31.6. The third-order valence-electron chi connectivity index (χ3n) is 11.5. The third-order valence-corrected chi connectivity index (χ3v) is 15.8. The fourth-order valence-electron chi connectivity index (χ4n) is 8.13. The Hall–Kier alpha value is -4.51. The summed E-state index contributed by atoms with van der Waals surface area (Å²) in [7, 11) is -7.74. The number of nitrogens with zero attached hydrogens (tertiary/aromatic N) is 5. The summed E-state index contributed by atoms with van der Waals surface area (Å²) in [5, 5.41) is 3.47. The molecule has 0 amide bonds. The van der Waals surface area contributed by atoms with Gasteiger partial charge in [-0.1, -0.05) is 66.2 Å². The fraction of sp³-hybridized carbons (Fsp3) is 0.378. The van der Waals surface area contributed by atoms with E-state index in [1.54, 1.807) is 43.3 Å². The molecule has 0 aliphatic carbocycles. The molecular weight excluding hydrogens is 967 g/mol. The quantitative estimate of drug-likeness (QED) is 0.0725. The molecule has 5 aromatic rings. The van der Waals surface area contributed by atoms with Crippen molar-refractivity contribution >= 4 is 54.7 Å². The molecule has 3 atom stereocenters. The Morgan fingerprint density at radius 1 is 0.896 bits per heavy atom. The SMILES string of the molecule is CN(C)CC[C@H](CSc1ccccc1)Nc1ccc(S(=O)(=O)Nc2nc(C(F)(F)F)nc3c2CCN(C2CCN(Cc4ccccc4-c4ccc(Cl)cc4)CC2F)C3)cc1S(=O)(=O)C(F)(F)F. The number of thioether (sulfide) groups is 1. The van der Waals surface area contributed by atoms with E-state index in [0.29, 0.717) is 43.6 Å².